The van der Waals surface area contributed by atoms with Crippen molar-refractivity contribution in [3.8, 4) is 0 Å². The first kappa shape index (κ1) is 11.0. The third kappa shape index (κ3) is 3.34. The summed E-state index contributed by atoms with van der Waals surface area (Å²) in [6.45, 7) is 2.19. The molecule has 0 amide bonds. The van der Waals surface area contributed by atoms with Crippen molar-refractivity contribution >= 4 is 17.6 Å². The van der Waals surface area contributed by atoms with E-state index in [4.69, 9.17) is 16.3 Å². The standard InChI is InChI=1S/C10H12ClNO2/c1-2-14-10(13)5-8-3-4-9(6-11)12-7-8/h3-4,7H,2,5-6H2,1H3. The molecule has 1 rings (SSSR count). The minimum Gasteiger partial charge on any atom is -0.466 e. The summed E-state index contributed by atoms with van der Waals surface area (Å²) < 4.78 is 4.81. The lowest BCUT2D eigenvalue weighted by molar-refractivity contribution is -0.142. The molecule has 1 aromatic rings. The van der Waals surface area contributed by atoms with Crippen LogP contribution in [-0.2, 0) is 21.8 Å². The number of esters is 1. The number of hydrogen-bond acceptors (Lipinski definition) is 3. The Balaban J connectivity index is 2.55. The molecule has 76 valence electrons. The van der Waals surface area contributed by atoms with Crippen LogP contribution < -0.4 is 0 Å². The van der Waals surface area contributed by atoms with Gasteiger partial charge in [-0.05, 0) is 18.6 Å². The van der Waals surface area contributed by atoms with Gasteiger partial charge in [0.15, 0.2) is 0 Å². The van der Waals surface area contributed by atoms with Crippen LogP contribution in [-0.4, -0.2) is 17.6 Å². The van der Waals surface area contributed by atoms with Crippen LogP contribution in [0.25, 0.3) is 0 Å². The van der Waals surface area contributed by atoms with Gasteiger partial charge in [0.05, 0.1) is 24.6 Å². The first-order valence-electron chi connectivity index (χ1n) is 4.41. The van der Waals surface area contributed by atoms with Crippen molar-refractivity contribution < 1.29 is 9.53 Å². The molecule has 0 aliphatic heterocycles. The minimum absolute atomic E-state index is 0.229. The average Bonchev–Trinajstić information content (AvgIpc) is 2.19. The van der Waals surface area contributed by atoms with Gasteiger partial charge in [-0.25, -0.2) is 0 Å². The highest BCUT2D eigenvalue weighted by molar-refractivity contribution is 6.16. The van der Waals surface area contributed by atoms with Crippen molar-refractivity contribution in [3.63, 3.8) is 0 Å². The molecule has 3 nitrogen and oxygen atoms in total. The van der Waals surface area contributed by atoms with Gasteiger partial charge in [-0.15, -0.1) is 11.6 Å². The van der Waals surface area contributed by atoms with Crippen molar-refractivity contribution in [3.05, 3.63) is 29.6 Å². The molecule has 0 saturated heterocycles. The second kappa shape index (κ2) is 5.60. The van der Waals surface area contributed by atoms with E-state index in [9.17, 15) is 4.79 Å². The van der Waals surface area contributed by atoms with E-state index in [1.54, 1.807) is 13.1 Å². The van der Waals surface area contributed by atoms with Gasteiger partial charge in [-0.3, -0.25) is 9.78 Å². The molecule has 4 heteroatoms. The molecule has 0 atom stereocenters. The Hall–Kier alpha value is -1.09. The molecule has 0 N–H and O–H groups in total. The summed E-state index contributed by atoms with van der Waals surface area (Å²) in [4.78, 5) is 15.2. The quantitative estimate of drug-likeness (QED) is 0.567. The van der Waals surface area contributed by atoms with Crippen LogP contribution in [0.5, 0.6) is 0 Å². The van der Waals surface area contributed by atoms with Crippen LogP contribution in [0, 0.1) is 0 Å². The molecule has 0 saturated carbocycles. The molecular weight excluding hydrogens is 202 g/mol. The Morgan fingerprint density at radius 1 is 1.57 bits per heavy atom. The Labute approximate surface area is 88.1 Å². The fourth-order valence-corrected chi connectivity index (χ4v) is 1.18. The highest BCUT2D eigenvalue weighted by Crippen LogP contribution is 2.04. The van der Waals surface area contributed by atoms with Crippen molar-refractivity contribution in [1.82, 2.24) is 4.98 Å². The fraction of sp³-hybridized carbons (Fsp3) is 0.400. The van der Waals surface area contributed by atoms with E-state index in [0.29, 0.717) is 12.5 Å². The van der Waals surface area contributed by atoms with Gasteiger partial charge in [-0.1, -0.05) is 6.07 Å². The van der Waals surface area contributed by atoms with E-state index >= 15 is 0 Å². The van der Waals surface area contributed by atoms with Gasteiger partial charge < -0.3 is 4.74 Å². The number of carbonyl (C=O) groups excluding carboxylic acids is 1. The molecule has 0 bridgehead atoms. The second-order valence-corrected chi connectivity index (χ2v) is 3.04. The smallest absolute Gasteiger partial charge is 0.310 e. The van der Waals surface area contributed by atoms with E-state index in [2.05, 4.69) is 4.98 Å². The van der Waals surface area contributed by atoms with E-state index in [-0.39, 0.29) is 12.4 Å². The van der Waals surface area contributed by atoms with Crippen LogP contribution >= 0.6 is 11.6 Å². The zero-order chi connectivity index (χ0) is 10.4. The lowest BCUT2D eigenvalue weighted by Gasteiger charge is -2.01. The van der Waals surface area contributed by atoms with Crippen LogP contribution in [0.4, 0.5) is 0 Å². The van der Waals surface area contributed by atoms with Crippen molar-refractivity contribution in [1.29, 1.82) is 0 Å². The molecular formula is C10H12ClNO2. The van der Waals surface area contributed by atoms with Gasteiger partial charge in [0, 0.05) is 6.20 Å². The van der Waals surface area contributed by atoms with E-state index < -0.39 is 0 Å². The van der Waals surface area contributed by atoms with Crippen molar-refractivity contribution in [2.24, 2.45) is 0 Å². The number of alkyl halides is 1. The Morgan fingerprint density at radius 3 is 2.86 bits per heavy atom. The highest BCUT2D eigenvalue weighted by atomic mass is 35.5. The molecule has 1 heterocycles. The Bertz CT molecular complexity index is 297. The van der Waals surface area contributed by atoms with Crippen LogP contribution in [0.15, 0.2) is 18.3 Å². The Kier molecular flexibility index (Phi) is 4.40. The zero-order valence-electron chi connectivity index (χ0n) is 8.00. The number of rotatable bonds is 4. The van der Waals surface area contributed by atoms with Crippen molar-refractivity contribution in [2.45, 2.75) is 19.2 Å². The Morgan fingerprint density at radius 2 is 2.36 bits per heavy atom. The van der Waals surface area contributed by atoms with E-state index in [0.717, 1.165) is 11.3 Å². The minimum atomic E-state index is -0.229. The topological polar surface area (TPSA) is 39.2 Å². The summed E-state index contributed by atoms with van der Waals surface area (Å²) >= 11 is 5.58. The molecule has 14 heavy (non-hydrogen) atoms. The number of aromatic nitrogens is 1. The van der Waals surface area contributed by atoms with Crippen LogP contribution in [0.1, 0.15) is 18.2 Å². The summed E-state index contributed by atoms with van der Waals surface area (Å²) in [5, 5.41) is 0. The summed E-state index contributed by atoms with van der Waals surface area (Å²) in [6, 6.07) is 3.64. The maximum Gasteiger partial charge on any atom is 0.310 e. The number of hydrogen-bond donors (Lipinski definition) is 0. The number of nitrogens with zero attached hydrogens (tertiary/aromatic N) is 1. The normalized spacial score (nSPS) is 9.86. The zero-order valence-corrected chi connectivity index (χ0v) is 8.75. The summed E-state index contributed by atoms with van der Waals surface area (Å²) in [5.74, 6) is 0.160. The summed E-state index contributed by atoms with van der Waals surface area (Å²) in [6.07, 6.45) is 1.91. The summed E-state index contributed by atoms with van der Waals surface area (Å²) in [7, 11) is 0. The van der Waals surface area contributed by atoms with Crippen LogP contribution in [0.2, 0.25) is 0 Å². The fourth-order valence-electron chi connectivity index (χ4n) is 1.02. The highest BCUT2D eigenvalue weighted by Gasteiger charge is 2.03. The average molecular weight is 214 g/mol. The molecule has 0 fully saturated rings. The maximum absolute atomic E-state index is 11.1. The SMILES string of the molecule is CCOC(=O)Cc1ccc(CCl)nc1. The first-order valence-corrected chi connectivity index (χ1v) is 4.95. The maximum atomic E-state index is 11.1. The van der Waals surface area contributed by atoms with Gasteiger partial charge in [0.1, 0.15) is 0 Å². The first-order chi connectivity index (χ1) is 6.76. The second-order valence-electron chi connectivity index (χ2n) is 2.77. The predicted molar refractivity (Wildman–Crippen MR) is 54.1 cm³/mol. The number of halogens is 1. The van der Waals surface area contributed by atoms with E-state index in [1.165, 1.54) is 0 Å². The molecule has 0 aromatic carbocycles. The largest absolute Gasteiger partial charge is 0.466 e. The molecule has 0 spiro atoms. The monoisotopic (exact) mass is 213 g/mol. The third-order valence-corrected chi connectivity index (χ3v) is 1.95. The molecule has 1 aromatic heterocycles. The van der Waals surface area contributed by atoms with Crippen LogP contribution in [0.3, 0.4) is 0 Å². The molecule has 0 aliphatic carbocycles. The predicted octanol–water partition coefficient (Wildman–Crippen LogP) is 1.93. The molecule has 0 unspecified atom stereocenters. The van der Waals surface area contributed by atoms with Gasteiger partial charge in [-0.2, -0.15) is 0 Å². The summed E-state index contributed by atoms with van der Waals surface area (Å²) in [5.41, 5.74) is 1.65. The number of pyridine rings is 1. The number of ether oxygens (including phenoxy) is 1. The van der Waals surface area contributed by atoms with Gasteiger partial charge in [0.25, 0.3) is 0 Å². The lowest BCUT2D eigenvalue weighted by Crippen LogP contribution is -2.07. The van der Waals surface area contributed by atoms with Crippen molar-refractivity contribution in [2.75, 3.05) is 6.61 Å². The van der Waals surface area contributed by atoms with Gasteiger partial charge >= 0.3 is 5.97 Å². The third-order valence-electron chi connectivity index (χ3n) is 1.68. The molecule has 0 radical (unpaired) electrons. The number of carbonyl (C=O) groups is 1. The van der Waals surface area contributed by atoms with Gasteiger partial charge in [0.2, 0.25) is 0 Å². The lowest BCUT2D eigenvalue weighted by atomic mass is 10.2. The molecule has 0 aliphatic rings. The van der Waals surface area contributed by atoms with E-state index in [1.807, 2.05) is 12.1 Å².